The van der Waals surface area contributed by atoms with Gasteiger partial charge in [0.1, 0.15) is 35.2 Å². The molecule has 0 radical (unpaired) electrons. The van der Waals surface area contributed by atoms with Gasteiger partial charge in [-0.3, -0.25) is 19.2 Å². The van der Waals surface area contributed by atoms with Crippen LogP contribution in [0.1, 0.15) is 36.8 Å². The quantitative estimate of drug-likeness (QED) is 0.141. The van der Waals surface area contributed by atoms with Crippen LogP contribution in [0.5, 0.6) is 11.5 Å². The van der Waals surface area contributed by atoms with Crippen molar-refractivity contribution in [3.05, 3.63) is 127 Å². The standard InChI is InChI=1S/2C21H14ClF3O5/c2*22-15-3-1-2-13-16(26)9-17(30-19(13)15)10-4-5-14(21(23,24)25)18(8-10)29-12-6-11(7-12)20(27)28/h2*1-5,8-9,11-12H,6-7H2,(H,27,28). The first-order valence-electron chi connectivity index (χ1n) is 17.9. The minimum atomic E-state index is -4.67. The van der Waals surface area contributed by atoms with Crippen LogP contribution >= 0.6 is 23.2 Å². The Morgan fingerprint density at radius 3 is 1.28 bits per heavy atom. The highest BCUT2D eigenvalue weighted by molar-refractivity contribution is 6.35. The van der Waals surface area contributed by atoms with Crippen LogP contribution in [0.4, 0.5) is 26.3 Å². The zero-order valence-electron chi connectivity index (χ0n) is 30.4. The van der Waals surface area contributed by atoms with Crippen LogP contribution < -0.4 is 20.3 Å². The largest absolute Gasteiger partial charge is 0.490 e. The Kier molecular flexibility index (Phi) is 11.4. The summed E-state index contributed by atoms with van der Waals surface area (Å²) in [5.74, 6) is -4.09. The number of hydrogen-bond donors (Lipinski definition) is 2. The first-order valence-corrected chi connectivity index (χ1v) is 18.7. The summed E-state index contributed by atoms with van der Waals surface area (Å²) in [5.41, 5.74) is -2.10. The van der Waals surface area contributed by atoms with E-state index >= 15 is 0 Å². The van der Waals surface area contributed by atoms with E-state index < -0.39 is 71.0 Å². The predicted octanol–water partition coefficient (Wildman–Crippen LogP) is 10.7. The van der Waals surface area contributed by atoms with Gasteiger partial charge in [0.15, 0.2) is 22.0 Å². The molecule has 0 atom stereocenters. The fourth-order valence-corrected chi connectivity index (χ4v) is 7.10. The van der Waals surface area contributed by atoms with Crippen molar-refractivity contribution in [3.63, 3.8) is 0 Å². The monoisotopic (exact) mass is 876 g/mol. The average molecular weight is 878 g/mol. The summed E-state index contributed by atoms with van der Waals surface area (Å²) < 4.78 is 103. The molecule has 10 nitrogen and oxygen atoms in total. The van der Waals surface area contributed by atoms with Gasteiger partial charge >= 0.3 is 24.3 Å². The molecule has 6 aromatic rings. The molecule has 4 aromatic carbocycles. The zero-order chi connectivity index (χ0) is 43.3. The Bertz CT molecular complexity index is 2580. The van der Waals surface area contributed by atoms with E-state index in [4.69, 9.17) is 51.7 Å². The summed E-state index contributed by atoms with van der Waals surface area (Å²) in [4.78, 5) is 46.6. The molecule has 0 unspecified atom stereocenters. The number of fused-ring (bicyclic) bond motifs is 2. The SMILES string of the molecule is O=C(O)C1CC(Oc2cc(-c3cc(=O)c4cccc(Cl)c4o3)ccc2C(F)(F)F)C1.O=C(O)C1CC(Oc2cc(-c3cc(=O)c4cccc(Cl)c4o3)ccc2C(F)(F)F)C1. The highest BCUT2D eigenvalue weighted by atomic mass is 35.5. The van der Waals surface area contributed by atoms with E-state index in [1.54, 1.807) is 12.1 Å². The molecular formula is C42H28Cl2F6O10. The molecule has 2 aliphatic rings. The molecular weight excluding hydrogens is 849 g/mol. The topological polar surface area (TPSA) is 153 Å². The van der Waals surface area contributed by atoms with Crippen molar-refractivity contribution in [1.29, 1.82) is 0 Å². The summed E-state index contributed by atoms with van der Waals surface area (Å²) in [6, 6.07) is 18.0. The van der Waals surface area contributed by atoms with E-state index in [-0.39, 0.29) is 91.2 Å². The highest BCUT2D eigenvalue weighted by Crippen LogP contribution is 2.43. The number of ether oxygens (including phenoxy) is 2. The molecule has 60 heavy (non-hydrogen) atoms. The summed E-state index contributed by atoms with van der Waals surface area (Å²) in [6.45, 7) is 0. The Morgan fingerprint density at radius 2 is 0.950 bits per heavy atom. The molecule has 0 saturated heterocycles. The van der Waals surface area contributed by atoms with Gasteiger partial charge in [-0.1, -0.05) is 47.5 Å². The maximum Gasteiger partial charge on any atom is 0.419 e. The van der Waals surface area contributed by atoms with Crippen molar-refractivity contribution in [2.24, 2.45) is 11.8 Å². The van der Waals surface area contributed by atoms with Gasteiger partial charge in [0.25, 0.3) is 0 Å². The maximum atomic E-state index is 13.4. The van der Waals surface area contributed by atoms with Crippen LogP contribution in [-0.2, 0) is 21.9 Å². The fraction of sp³-hybridized carbons (Fsp3) is 0.238. The molecule has 0 amide bonds. The fourth-order valence-electron chi connectivity index (χ4n) is 6.67. The van der Waals surface area contributed by atoms with E-state index in [0.717, 1.165) is 24.3 Å². The molecule has 2 N–H and O–H groups in total. The Balaban J connectivity index is 0.000000181. The molecule has 2 heterocycles. The number of alkyl halides is 6. The minimum Gasteiger partial charge on any atom is -0.490 e. The normalized spacial score (nSPS) is 18.8. The predicted molar refractivity (Wildman–Crippen MR) is 205 cm³/mol. The number of rotatable bonds is 8. The summed E-state index contributed by atoms with van der Waals surface area (Å²) in [5, 5.41) is 18.8. The Hall–Kier alpha value is -6.00. The number of carboxylic acid groups (broad SMARTS) is 2. The second-order valence-corrected chi connectivity index (χ2v) is 14.9. The van der Waals surface area contributed by atoms with Gasteiger partial charge < -0.3 is 28.5 Å². The van der Waals surface area contributed by atoms with Crippen LogP contribution in [-0.4, -0.2) is 34.4 Å². The van der Waals surface area contributed by atoms with Gasteiger partial charge in [-0.15, -0.1) is 0 Å². The number of carboxylic acids is 2. The van der Waals surface area contributed by atoms with E-state index in [0.29, 0.717) is 0 Å². The second kappa shape index (κ2) is 16.2. The summed E-state index contributed by atoms with van der Waals surface area (Å²) in [7, 11) is 0. The molecule has 8 rings (SSSR count). The third-order valence-corrected chi connectivity index (χ3v) is 10.6. The summed E-state index contributed by atoms with van der Waals surface area (Å²) >= 11 is 12.2. The number of aliphatic carboxylic acids is 2. The smallest absolute Gasteiger partial charge is 0.419 e. The van der Waals surface area contributed by atoms with Crippen molar-refractivity contribution < 1.29 is 64.5 Å². The van der Waals surface area contributed by atoms with Crippen molar-refractivity contribution >= 4 is 57.1 Å². The van der Waals surface area contributed by atoms with Crippen molar-refractivity contribution in [2.45, 2.75) is 50.2 Å². The molecule has 0 aliphatic heterocycles. The molecule has 2 aliphatic carbocycles. The van der Waals surface area contributed by atoms with Crippen molar-refractivity contribution in [2.75, 3.05) is 0 Å². The lowest BCUT2D eigenvalue weighted by Gasteiger charge is -2.33. The zero-order valence-corrected chi connectivity index (χ0v) is 31.9. The maximum absolute atomic E-state index is 13.4. The van der Waals surface area contributed by atoms with Gasteiger partial charge in [0.2, 0.25) is 0 Å². The Morgan fingerprint density at radius 1 is 0.583 bits per heavy atom. The first kappa shape index (κ1) is 42.1. The van der Waals surface area contributed by atoms with E-state index in [1.165, 1.54) is 48.5 Å². The summed E-state index contributed by atoms with van der Waals surface area (Å²) in [6.07, 6.45) is -10.1. The van der Waals surface area contributed by atoms with Crippen molar-refractivity contribution in [3.8, 4) is 34.1 Å². The third kappa shape index (κ3) is 8.80. The van der Waals surface area contributed by atoms with Crippen LogP contribution in [0.15, 0.2) is 103 Å². The molecule has 2 aromatic heterocycles. The van der Waals surface area contributed by atoms with E-state index in [1.807, 2.05) is 0 Å². The molecule has 2 saturated carbocycles. The van der Waals surface area contributed by atoms with Crippen LogP contribution in [0.25, 0.3) is 44.6 Å². The minimum absolute atomic E-state index is 0.0381. The number of para-hydroxylation sites is 2. The van der Waals surface area contributed by atoms with Crippen molar-refractivity contribution in [1.82, 2.24) is 0 Å². The lowest BCUT2D eigenvalue weighted by molar-refractivity contribution is -0.149. The van der Waals surface area contributed by atoms with Gasteiger partial charge in [0.05, 0.1) is 43.8 Å². The van der Waals surface area contributed by atoms with E-state index in [2.05, 4.69) is 0 Å². The molecule has 0 spiro atoms. The van der Waals surface area contributed by atoms with Crippen LogP contribution in [0.3, 0.4) is 0 Å². The number of hydrogen-bond acceptors (Lipinski definition) is 8. The van der Waals surface area contributed by atoms with Gasteiger partial charge in [-0.2, -0.15) is 26.3 Å². The molecule has 2 fully saturated rings. The van der Waals surface area contributed by atoms with Gasteiger partial charge in [-0.05, 0) is 74.2 Å². The molecule has 312 valence electrons. The average Bonchev–Trinajstić information content (AvgIpc) is 3.14. The van der Waals surface area contributed by atoms with Gasteiger partial charge in [-0.25, -0.2) is 0 Å². The highest BCUT2D eigenvalue weighted by Gasteiger charge is 2.41. The first-order chi connectivity index (χ1) is 28.3. The number of halogens is 8. The van der Waals surface area contributed by atoms with E-state index in [9.17, 15) is 45.5 Å². The molecule has 18 heteroatoms. The van der Waals surface area contributed by atoms with Gasteiger partial charge in [0, 0.05) is 23.3 Å². The lowest BCUT2D eigenvalue weighted by Crippen LogP contribution is -2.38. The number of benzene rings is 4. The lowest BCUT2D eigenvalue weighted by atomic mass is 9.82. The van der Waals surface area contributed by atoms with Crippen LogP contribution in [0, 0.1) is 11.8 Å². The second-order valence-electron chi connectivity index (χ2n) is 14.1. The van der Waals surface area contributed by atoms with Crippen LogP contribution in [0.2, 0.25) is 10.0 Å². The third-order valence-electron chi connectivity index (χ3n) is 10.0. The molecule has 0 bridgehead atoms. The number of carbonyl (C=O) groups is 2. The Labute approximate surface area is 343 Å².